The third kappa shape index (κ3) is 5.14. The lowest BCUT2D eigenvalue weighted by Crippen LogP contribution is -2.34. The molecular formula is C15H22N2OS. The molecule has 0 fully saturated rings. The minimum Gasteiger partial charge on any atom is -0.295 e. The monoisotopic (exact) mass is 278 g/mol. The van der Waals surface area contributed by atoms with Crippen molar-refractivity contribution in [1.29, 1.82) is 5.26 Å². The van der Waals surface area contributed by atoms with Crippen LogP contribution in [0.1, 0.15) is 40.4 Å². The first-order chi connectivity index (χ1) is 8.93. The summed E-state index contributed by atoms with van der Waals surface area (Å²) in [4.78, 5) is 16.7. The normalized spacial score (nSPS) is 11.0. The van der Waals surface area contributed by atoms with Gasteiger partial charge < -0.3 is 0 Å². The van der Waals surface area contributed by atoms with Gasteiger partial charge in [0, 0.05) is 34.8 Å². The summed E-state index contributed by atoms with van der Waals surface area (Å²) in [5.74, 6) is 0.664. The molecule has 0 amide bonds. The van der Waals surface area contributed by atoms with Gasteiger partial charge in [0.25, 0.3) is 0 Å². The van der Waals surface area contributed by atoms with E-state index in [0.717, 1.165) is 17.0 Å². The fraction of sp³-hybridized carbons (Fsp3) is 0.600. The number of carbonyl (C=O) groups excluding carboxylic acids is 1. The Kier molecular flexibility index (Phi) is 6.20. The standard InChI is InChI=1S/C15H22N2OS/c1-11(2)9-17(7-5-6-16)10-15(18)14-8-12(3)19-13(14)4/h8,11H,5,7,9-10H2,1-4H3. The van der Waals surface area contributed by atoms with Gasteiger partial charge in [-0.05, 0) is 25.8 Å². The van der Waals surface area contributed by atoms with Crippen molar-refractivity contribution in [2.24, 2.45) is 5.92 Å². The van der Waals surface area contributed by atoms with Gasteiger partial charge in [-0.15, -0.1) is 11.3 Å². The Morgan fingerprint density at radius 2 is 2.16 bits per heavy atom. The molecule has 0 unspecified atom stereocenters. The first-order valence-electron chi connectivity index (χ1n) is 6.63. The highest BCUT2D eigenvalue weighted by molar-refractivity contribution is 7.12. The van der Waals surface area contributed by atoms with E-state index in [9.17, 15) is 4.79 Å². The van der Waals surface area contributed by atoms with Crippen LogP contribution in [0.5, 0.6) is 0 Å². The van der Waals surface area contributed by atoms with Crippen LogP contribution in [-0.2, 0) is 0 Å². The van der Waals surface area contributed by atoms with Gasteiger partial charge in [0.05, 0.1) is 12.6 Å². The Labute approximate surface area is 119 Å². The van der Waals surface area contributed by atoms with Crippen molar-refractivity contribution in [3.63, 3.8) is 0 Å². The van der Waals surface area contributed by atoms with Crippen molar-refractivity contribution in [2.75, 3.05) is 19.6 Å². The van der Waals surface area contributed by atoms with E-state index in [1.165, 1.54) is 4.88 Å². The average molecular weight is 278 g/mol. The zero-order valence-corrected chi connectivity index (χ0v) is 13.0. The smallest absolute Gasteiger partial charge is 0.177 e. The molecular weight excluding hydrogens is 256 g/mol. The van der Waals surface area contributed by atoms with E-state index in [0.29, 0.717) is 25.4 Å². The zero-order valence-electron chi connectivity index (χ0n) is 12.2. The highest BCUT2D eigenvalue weighted by Gasteiger charge is 2.16. The predicted molar refractivity (Wildman–Crippen MR) is 79.6 cm³/mol. The van der Waals surface area contributed by atoms with Crippen LogP contribution in [0.4, 0.5) is 0 Å². The zero-order chi connectivity index (χ0) is 14.4. The number of aryl methyl sites for hydroxylation is 2. The first-order valence-corrected chi connectivity index (χ1v) is 7.45. The van der Waals surface area contributed by atoms with E-state index in [1.807, 2.05) is 19.9 Å². The van der Waals surface area contributed by atoms with Crippen LogP contribution in [0.25, 0.3) is 0 Å². The number of nitriles is 1. The number of hydrogen-bond acceptors (Lipinski definition) is 4. The van der Waals surface area contributed by atoms with Gasteiger partial charge in [-0.3, -0.25) is 9.69 Å². The Morgan fingerprint density at radius 3 is 2.63 bits per heavy atom. The van der Waals surface area contributed by atoms with E-state index in [1.54, 1.807) is 11.3 Å². The van der Waals surface area contributed by atoms with Crippen LogP contribution in [0.2, 0.25) is 0 Å². The van der Waals surface area contributed by atoms with Gasteiger partial charge in [-0.1, -0.05) is 13.8 Å². The van der Waals surface area contributed by atoms with Gasteiger partial charge in [-0.25, -0.2) is 0 Å². The quantitative estimate of drug-likeness (QED) is 0.718. The predicted octanol–water partition coefficient (Wildman–Crippen LogP) is 3.42. The van der Waals surface area contributed by atoms with Crippen molar-refractivity contribution >= 4 is 17.1 Å². The molecule has 0 spiro atoms. The summed E-state index contributed by atoms with van der Waals surface area (Å²) >= 11 is 1.66. The molecule has 1 rings (SSSR count). The number of nitrogens with zero attached hydrogens (tertiary/aromatic N) is 2. The summed E-state index contributed by atoms with van der Waals surface area (Å²) in [6.45, 7) is 10.2. The molecule has 0 saturated carbocycles. The summed E-state index contributed by atoms with van der Waals surface area (Å²) in [5.41, 5.74) is 0.841. The second-order valence-corrected chi connectivity index (χ2v) is 6.75. The molecule has 0 bridgehead atoms. The van der Waals surface area contributed by atoms with Crippen LogP contribution in [0.15, 0.2) is 6.07 Å². The average Bonchev–Trinajstić information content (AvgIpc) is 2.64. The number of ketones is 1. The fourth-order valence-corrected chi connectivity index (χ4v) is 3.10. The van der Waals surface area contributed by atoms with E-state index in [-0.39, 0.29) is 5.78 Å². The summed E-state index contributed by atoms with van der Waals surface area (Å²) in [6, 6.07) is 4.12. The highest BCUT2D eigenvalue weighted by atomic mass is 32.1. The Balaban J connectivity index is 2.70. The molecule has 0 radical (unpaired) electrons. The molecule has 1 heterocycles. The maximum Gasteiger partial charge on any atom is 0.177 e. The molecule has 0 saturated heterocycles. The number of hydrogen-bond donors (Lipinski definition) is 0. The number of rotatable bonds is 7. The van der Waals surface area contributed by atoms with Crippen molar-refractivity contribution in [3.05, 3.63) is 21.4 Å². The lowest BCUT2D eigenvalue weighted by molar-refractivity contribution is 0.0923. The largest absolute Gasteiger partial charge is 0.295 e. The minimum atomic E-state index is 0.167. The summed E-state index contributed by atoms with van der Waals surface area (Å²) in [5, 5.41) is 8.69. The number of thiophene rings is 1. The first kappa shape index (κ1) is 15.9. The van der Waals surface area contributed by atoms with Crippen LogP contribution >= 0.6 is 11.3 Å². The molecule has 1 aromatic heterocycles. The lowest BCUT2D eigenvalue weighted by Gasteiger charge is -2.22. The van der Waals surface area contributed by atoms with Crippen molar-refractivity contribution < 1.29 is 4.79 Å². The third-order valence-corrected chi connectivity index (χ3v) is 3.84. The number of carbonyl (C=O) groups is 1. The third-order valence-electron chi connectivity index (χ3n) is 2.87. The van der Waals surface area contributed by atoms with E-state index in [4.69, 9.17) is 5.26 Å². The van der Waals surface area contributed by atoms with Crippen LogP contribution in [0, 0.1) is 31.1 Å². The maximum atomic E-state index is 12.3. The van der Waals surface area contributed by atoms with Gasteiger partial charge in [-0.2, -0.15) is 5.26 Å². The van der Waals surface area contributed by atoms with E-state index < -0.39 is 0 Å². The molecule has 19 heavy (non-hydrogen) atoms. The second-order valence-electron chi connectivity index (χ2n) is 5.29. The maximum absolute atomic E-state index is 12.3. The molecule has 0 aliphatic carbocycles. The number of Topliss-reactive ketones (excluding diaryl/α,β-unsaturated/α-hetero) is 1. The van der Waals surface area contributed by atoms with Gasteiger partial charge in [0.2, 0.25) is 0 Å². The highest BCUT2D eigenvalue weighted by Crippen LogP contribution is 2.21. The molecule has 0 aromatic carbocycles. The van der Waals surface area contributed by atoms with E-state index >= 15 is 0 Å². The summed E-state index contributed by atoms with van der Waals surface area (Å²) in [6.07, 6.45) is 0.474. The molecule has 0 aliphatic rings. The topological polar surface area (TPSA) is 44.1 Å². The minimum absolute atomic E-state index is 0.167. The van der Waals surface area contributed by atoms with Crippen molar-refractivity contribution in [3.8, 4) is 6.07 Å². The Hall–Kier alpha value is -1.18. The molecule has 3 nitrogen and oxygen atoms in total. The summed E-state index contributed by atoms with van der Waals surface area (Å²) < 4.78 is 0. The van der Waals surface area contributed by atoms with Crippen LogP contribution < -0.4 is 0 Å². The van der Waals surface area contributed by atoms with Gasteiger partial charge in [0.15, 0.2) is 5.78 Å². The molecule has 0 atom stereocenters. The molecule has 0 N–H and O–H groups in total. The van der Waals surface area contributed by atoms with Crippen LogP contribution in [-0.4, -0.2) is 30.3 Å². The SMILES string of the molecule is Cc1cc(C(=O)CN(CCC#N)CC(C)C)c(C)s1. The lowest BCUT2D eigenvalue weighted by atomic mass is 10.1. The van der Waals surface area contributed by atoms with Crippen LogP contribution in [0.3, 0.4) is 0 Å². The van der Waals surface area contributed by atoms with Gasteiger partial charge >= 0.3 is 0 Å². The van der Waals surface area contributed by atoms with Crippen molar-refractivity contribution in [1.82, 2.24) is 4.90 Å². The fourth-order valence-electron chi connectivity index (χ4n) is 2.16. The molecule has 104 valence electrons. The second kappa shape index (κ2) is 7.42. The Morgan fingerprint density at radius 1 is 1.47 bits per heavy atom. The summed E-state index contributed by atoms with van der Waals surface area (Å²) in [7, 11) is 0. The Bertz CT molecular complexity index is 471. The van der Waals surface area contributed by atoms with Gasteiger partial charge in [0.1, 0.15) is 0 Å². The molecule has 0 aliphatic heterocycles. The molecule has 4 heteroatoms. The molecule has 1 aromatic rings. The van der Waals surface area contributed by atoms with E-state index in [2.05, 4.69) is 24.8 Å². The van der Waals surface area contributed by atoms with Crippen molar-refractivity contribution in [2.45, 2.75) is 34.1 Å².